The summed E-state index contributed by atoms with van der Waals surface area (Å²) in [6.07, 6.45) is 0.693. The van der Waals surface area contributed by atoms with Crippen LogP contribution in [0.5, 0.6) is 0 Å². The molecule has 4 heteroatoms. The number of halogens is 2. The van der Waals surface area contributed by atoms with Gasteiger partial charge in [-0.2, -0.15) is 0 Å². The maximum atomic E-state index is 5.27. The zero-order valence-corrected chi connectivity index (χ0v) is 6.12. The Balaban J connectivity index is 2.81. The van der Waals surface area contributed by atoms with E-state index in [1.165, 1.54) is 0 Å². The van der Waals surface area contributed by atoms with Crippen molar-refractivity contribution < 1.29 is 0 Å². The summed E-state index contributed by atoms with van der Waals surface area (Å²) in [7, 11) is 0.843. The fraction of sp³-hybridized carbons (Fsp3) is 1.00. The highest BCUT2D eigenvalue weighted by Crippen LogP contribution is 2.07. The monoisotopic (exact) mass is 160 g/mol. The van der Waals surface area contributed by atoms with Crippen molar-refractivity contribution in [1.82, 2.24) is 0 Å². The maximum absolute atomic E-state index is 5.27. The molecule has 0 rings (SSSR count). The molecule has 0 bridgehead atoms. The molecule has 0 aliphatic carbocycles. The van der Waals surface area contributed by atoms with Gasteiger partial charge in [0, 0.05) is 6.16 Å². The van der Waals surface area contributed by atoms with E-state index in [4.69, 9.17) is 23.2 Å². The van der Waals surface area contributed by atoms with Crippen LogP contribution in [0.15, 0.2) is 0 Å². The Hall–Kier alpha value is 1.10. The average molecular weight is 161 g/mol. The van der Waals surface area contributed by atoms with Crippen molar-refractivity contribution in [2.24, 2.45) is 0 Å². The molecule has 0 unspecified atom stereocenters. The Morgan fingerprint density at radius 2 is 2.17 bits per heavy atom. The van der Waals surface area contributed by atoms with Gasteiger partial charge in [0.05, 0.1) is 0 Å². The van der Waals surface area contributed by atoms with Gasteiger partial charge in [-0.25, -0.2) is 0 Å². The van der Waals surface area contributed by atoms with Crippen LogP contribution >= 0.6 is 30.6 Å². The largest absolute Gasteiger partial charge is 0.116 e. The molecule has 36 valence electrons. The third-order valence-corrected chi connectivity index (χ3v) is 1.91. The lowest BCUT2D eigenvalue weighted by Gasteiger charge is -1.85. The number of hydrogen-bond donors (Lipinski definition) is 0. The van der Waals surface area contributed by atoms with Crippen LogP contribution in [-0.2, 0) is 11.8 Å². The molecule has 0 aromatic heterocycles. The Bertz CT molecular complexity index is 46.8. The van der Waals surface area contributed by atoms with E-state index < -0.39 is 0 Å². The van der Waals surface area contributed by atoms with Gasteiger partial charge in [-0.1, -0.05) is 11.8 Å². The van der Waals surface area contributed by atoms with Crippen molar-refractivity contribution in [2.75, 3.05) is 6.16 Å². The Morgan fingerprint density at radius 3 is 2.17 bits per heavy atom. The molecular weight excluding hydrogens is 158 g/mol. The highest BCUT2D eigenvalue weighted by atomic mass is 35.5. The molecule has 0 atom stereocenters. The molecule has 0 spiro atoms. The Morgan fingerprint density at radius 1 is 1.67 bits per heavy atom. The van der Waals surface area contributed by atoms with E-state index in [1.807, 2.05) is 0 Å². The lowest BCUT2D eigenvalue weighted by atomic mass is 10.9. The summed E-state index contributed by atoms with van der Waals surface area (Å²) in [5.41, 5.74) is 0. The van der Waals surface area contributed by atoms with E-state index in [0.717, 1.165) is 7.36 Å². The van der Waals surface area contributed by atoms with Gasteiger partial charge in [0.2, 0.25) is 0 Å². The molecule has 0 aliphatic heterocycles. The van der Waals surface area contributed by atoms with Crippen molar-refractivity contribution in [3.05, 3.63) is 0 Å². The predicted molar refractivity (Wildman–Crippen MR) is 34.6 cm³/mol. The van der Waals surface area contributed by atoms with Crippen molar-refractivity contribution in [3.63, 3.8) is 0 Å². The molecule has 0 aromatic rings. The standard InChI is InChI=1S/C2H3Cl2PS/c3-2(4)1-5-6/h2H,1H2. The maximum Gasteiger partial charge on any atom is 0.116 e. The fourth-order valence-corrected chi connectivity index (χ4v) is 1.52. The summed E-state index contributed by atoms with van der Waals surface area (Å²) in [5.74, 6) is 0. The van der Waals surface area contributed by atoms with Crippen LogP contribution in [0, 0.1) is 0 Å². The van der Waals surface area contributed by atoms with Crippen LogP contribution in [0.3, 0.4) is 0 Å². The second-order valence-electron chi connectivity index (χ2n) is 0.703. The normalized spacial score (nSPS) is 10.5. The molecule has 6 heavy (non-hydrogen) atoms. The van der Waals surface area contributed by atoms with Crippen molar-refractivity contribution >= 4 is 42.4 Å². The number of rotatable bonds is 2. The van der Waals surface area contributed by atoms with Gasteiger partial charge in [0.25, 0.3) is 0 Å². The molecule has 0 saturated carbocycles. The highest BCUT2D eigenvalue weighted by Gasteiger charge is 1.90. The second-order valence-corrected chi connectivity index (χ2v) is 3.38. The first kappa shape index (κ1) is 7.10. The highest BCUT2D eigenvalue weighted by molar-refractivity contribution is 7.96. The molecular formula is C2H3Cl2PS. The van der Waals surface area contributed by atoms with Gasteiger partial charge in [-0.15, -0.1) is 23.2 Å². The molecule has 0 fully saturated rings. The van der Waals surface area contributed by atoms with E-state index in [9.17, 15) is 0 Å². The lowest BCUT2D eigenvalue weighted by molar-refractivity contribution is 1.41. The van der Waals surface area contributed by atoms with Gasteiger partial charge < -0.3 is 0 Å². The molecule has 0 aromatic carbocycles. The third-order valence-electron chi connectivity index (χ3n) is 0.213. The minimum atomic E-state index is -0.274. The van der Waals surface area contributed by atoms with E-state index >= 15 is 0 Å². The Labute approximate surface area is 53.7 Å². The molecule has 0 amide bonds. The minimum Gasteiger partial charge on any atom is -0.105 e. The van der Waals surface area contributed by atoms with Crippen LogP contribution in [0.4, 0.5) is 0 Å². The number of hydrogen-bond acceptors (Lipinski definition) is 1. The number of alkyl halides is 2. The molecule has 0 saturated heterocycles. The van der Waals surface area contributed by atoms with Gasteiger partial charge >= 0.3 is 0 Å². The SMILES string of the molecule is S=PCC(Cl)Cl. The van der Waals surface area contributed by atoms with E-state index in [2.05, 4.69) is 11.8 Å². The lowest BCUT2D eigenvalue weighted by Crippen LogP contribution is -1.83. The zero-order chi connectivity index (χ0) is 4.99. The van der Waals surface area contributed by atoms with Crippen LogP contribution in [0.25, 0.3) is 0 Å². The minimum absolute atomic E-state index is 0.274. The third kappa shape index (κ3) is 5.10. The Kier molecular flexibility index (Phi) is 5.05. The van der Waals surface area contributed by atoms with E-state index in [0.29, 0.717) is 6.16 Å². The van der Waals surface area contributed by atoms with Crippen molar-refractivity contribution in [2.45, 2.75) is 4.84 Å². The summed E-state index contributed by atoms with van der Waals surface area (Å²) in [4.78, 5) is -0.274. The molecule has 0 radical (unpaired) electrons. The summed E-state index contributed by atoms with van der Waals surface area (Å²) in [5, 5.41) is 0. The molecule has 0 aliphatic rings. The van der Waals surface area contributed by atoms with Crippen LogP contribution in [0.1, 0.15) is 0 Å². The first-order valence-electron chi connectivity index (χ1n) is 1.34. The van der Waals surface area contributed by atoms with Crippen LogP contribution in [-0.4, -0.2) is 11.0 Å². The predicted octanol–water partition coefficient (Wildman–Crippen LogP) is 2.20. The van der Waals surface area contributed by atoms with Crippen LogP contribution in [0.2, 0.25) is 0 Å². The molecule has 0 nitrogen and oxygen atoms in total. The zero-order valence-electron chi connectivity index (χ0n) is 2.90. The quantitative estimate of drug-likeness (QED) is 0.441. The molecule has 0 N–H and O–H groups in total. The van der Waals surface area contributed by atoms with Crippen molar-refractivity contribution in [3.8, 4) is 0 Å². The average Bonchev–Trinajstić information content (AvgIpc) is 1.35. The van der Waals surface area contributed by atoms with Crippen molar-refractivity contribution in [1.29, 1.82) is 0 Å². The summed E-state index contributed by atoms with van der Waals surface area (Å²) in [6.45, 7) is 0. The topological polar surface area (TPSA) is 0 Å². The first-order chi connectivity index (χ1) is 2.77. The van der Waals surface area contributed by atoms with Gasteiger partial charge in [-0.3, -0.25) is 0 Å². The summed E-state index contributed by atoms with van der Waals surface area (Å²) >= 11 is 15.1. The van der Waals surface area contributed by atoms with E-state index in [1.54, 1.807) is 0 Å². The smallest absolute Gasteiger partial charge is 0.105 e. The van der Waals surface area contributed by atoms with Gasteiger partial charge in [-0.05, 0) is 7.36 Å². The first-order valence-corrected chi connectivity index (χ1v) is 4.31. The molecule has 0 heterocycles. The summed E-state index contributed by atoms with van der Waals surface area (Å²) in [6, 6.07) is 0. The van der Waals surface area contributed by atoms with Crippen LogP contribution < -0.4 is 0 Å². The van der Waals surface area contributed by atoms with Gasteiger partial charge in [0.1, 0.15) is 4.84 Å². The van der Waals surface area contributed by atoms with Gasteiger partial charge in [0.15, 0.2) is 0 Å². The summed E-state index contributed by atoms with van der Waals surface area (Å²) < 4.78 is 0. The van der Waals surface area contributed by atoms with E-state index in [-0.39, 0.29) is 4.84 Å². The second kappa shape index (κ2) is 4.26. The fourth-order valence-electron chi connectivity index (χ4n) is 0.0563.